The van der Waals surface area contributed by atoms with Crippen LogP contribution in [0.4, 0.5) is 0 Å². The van der Waals surface area contributed by atoms with E-state index in [-0.39, 0.29) is 6.10 Å². The number of fused-ring (bicyclic) bond motifs is 1. The fourth-order valence-corrected chi connectivity index (χ4v) is 4.08. The van der Waals surface area contributed by atoms with E-state index in [1.54, 1.807) is 7.11 Å². The first-order chi connectivity index (χ1) is 15.3. The van der Waals surface area contributed by atoms with Crippen LogP contribution in [0.25, 0.3) is 22.0 Å². The summed E-state index contributed by atoms with van der Waals surface area (Å²) < 4.78 is 11.4. The SMILES string of the molecule is COc1cccc(-c2ccc([C@@H]3CN(Cc4ccc5ncccc5c4)CCO3)nc2)c1. The van der Waals surface area contributed by atoms with Crippen LogP contribution >= 0.6 is 0 Å². The number of pyridine rings is 2. The molecule has 5 rings (SSSR count). The predicted octanol–water partition coefficient (Wildman–Crippen LogP) is 4.88. The molecule has 0 aliphatic carbocycles. The molecule has 1 aliphatic heterocycles. The lowest BCUT2D eigenvalue weighted by Crippen LogP contribution is -2.38. The quantitative estimate of drug-likeness (QED) is 0.468. The summed E-state index contributed by atoms with van der Waals surface area (Å²) in [6.07, 6.45) is 3.74. The second kappa shape index (κ2) is 8.84. The molecule has 1 fully saturated rings. The first kappa shape index (κ1) is 19.7. The van der Waals surface area contributed by atoms with Crippen LogP contribution < -0.4 is 4.74 Å². The number of aromatic nitrogens is 2. The van der Waals surface area contributed by atoms with E-state index >= 15 is 0 Å². The van der Waals surface area contributed by atoms with Gasteiger partial charge in [-0.25, -0.2) is 0 Å². The minimum absolute atomic E-state index is 0.0183. The molecule has 2 aromatic heterocycles. The lowest BCUT2D eigenvalue weighted by atomic mass is 10.1. The van der Waals surface area contributed by atoms with Crippen molar-refractivity contribution in [2.75, 3.05) is 26.8 Å². The second-order valence-corrected chi connectivity index (χ2v) is 7.83. The van der Waals surface area contributed by atoms with Crippen LogP contribution in [-0.4, -0.2) is 41.7 Å². The molecule has 2 aromatic carbocycles. The van der Waals surface area contributed by atoms with E-state index in [1.807, 2.05) is 36.7 Å². The van der Waals surface area contributed by atoms with Gasteiger partial charge in [0.25, 0.3) is 0 Å². The number of benzene rings is 2. The van der Waals surface area contributed by atoms with Crippen molar-refractivity contribution in [2.45, 2.75) is 12.6 Å². The van der Waals surface area contributed by atoms with Gasteiger partial charge in [-0.05, 0) is 47.5 Å². The van der Waals surface area contributed by atoms with Crippen LogP contribution in [0, 0.1) is 0 Å². The predicted molar refractivity (Wildman–Crippen MR) is 122 cm³/mol. The maximum atomic E-state index is 6.05. The Kier molecular flexibility index (Phi) is 5.61. The van der Waals surface area contributed by atoms with E-state index in [2.05, 4.69) is 52.3 Å². The zero-order chi connectivity index (χ0) is 21.0. The van der Waals surface area contributed by atoms with Crippen LogP contribution in [0.3, 0.4) is 0 Å². The average molecular weight is 412 g/mol. The first-order valence-corrected chi connectivity index (χ1v) is 10.6. The fraction of sp³-hybridized carbons (Fsp3) is 0.231. The molecule has 1 atom stereocenters. The molecule has 0 saturated carbocycles. The molecule has 4 aromatic rings. The Bertz CT molecular complexity index is 1180. The van der Waals surface area contributed by atoms with E-state index < -0.39 is 0 Å². The third kappa shape index (κ3) is 4.43. The molecule has 3 heterocycles. The molecular weight excluding hydrogens is 386 g/mol. The van der Waals surface area contributed by atoms with E-state index in [1.165, 1.54) is 10.9 Å². The first-order valence-electron chi connectivity index (χ1n) is 10.6. The third-order valence-electron chi connectivity index (χ3n) is 5.74. The van der Waals surface area contributed by atoms with Crippen LogP contribution in [0.5, 0.6) is 5.75 Å². The van der Waals surface area contributed by atoms with Gasteiger partial charge in [0.1, 0.15) is 11.9 Å². The lowest BCUT2D eigenvalue weighted by molar-refractivity contribution is -0.0349. The lowest BCUT2D eigenvalue weighted by Gasteiger charge is -2.32. The molecule has 0 amide bonds. The standard InChI is InChI=1S/C26H25N3O2/c1-30-23-6-2-4-20(15-23)22-8-10-25(28-16-22)26-18-29(12-13-31-26)17-19-7-9-24-21(14-19)5-3-11-27-24/h2-11,14-16,26H,12-13,17-18H2,1H3/t26-/m0/s1. The molecule has 5 heteroatoms. The van der Waals surface area contributed by atoms with E-state index in [0.29, 0.717) is 6.61 Å². The third-order valence-corrected chi connectivity index (χ3v) is 5.74. The number of rotatable bonds is 5. The van der Waals surface area contributed by atoms with Crippen molar-refractivity contribution in [2.24, 2.45) is 0 Å². The Hall–Kier alpha value is -3.28. The molecule has 1 saturated heterocycles. The van der Waals surface area contributed by atoms with Crippen molar-refractivity contribution in [1.29, 1.82) is 0 Å². The Morgan fingerprint density at radius 2 is 1.97 bits per heavy atom. The molecule has 5 nitrogen and oxygen atoms in total. The smallest absolute Gasteiger partial charge is 0.119 e. The fourth-order valence-electron chi connectivity index (χ4n) is 4.08. The molecule has 0 unspecified atom stereocenters. The topological polar surface area (TPSA) is 47.5 Å². The number of morpholine rings is 1. The zero-order valence-corrected chi connectivity index (χ0v) is 17.6. The van der Waals surface area contributed by atoms with Crippen molar-refractivity contribution in [1.82, 2.24) is 14.9 Å². The average Bonchev–Trinajstić information content (AvgIpc) is 2.84. The van der Waals surface area contributed by atoms with Gasteiger partial charge in [0, 0.05) is 43.0 Å². The molecule has 31 heavy (non-hydrogen) atoms. The van der Waals surface area contributed by atoms with Gasteiger partial charge in [0.2, 0.25) is 0 Å². The second-order valence-electron chi connectivity index (χ2n) is 7.83. The molecule has 0 bridgehead atoms. The van der Waals surface area contributed by atoms with Crippen LogP contribution in [0.2, 0.25) is 0 Å². The van der Waals surface area contributed by atoms with Crippen LogP contribution in [0.1, 0.15) is 17.4 Å². The Balaban J connectivity index is 1.28. The number of hydrogen-bond acceptors (Lipinski definition) is 5. The summed E-state index contributed by atoms with van der Waals surface area (Å²) in [5, 5.41) is 1.18. The minimum atomic E-state index is -0.0183. The summed E-state index contributed by atoms with van der Waals surface area (Å²) in [6.45, 7) is 3.35. The van der Waals surface area contributed by atoms with E-state index in [4.69, 9.17) is 14.5 Å². The van der Waals surface area contributed by atoms with Gasteiger partial charge in [-0.2, -0.15) is 0 Å². The number of hydrogen-bond donors (Lipinski definition) is 0. The largest absolute Gasteiger partial charge is 0.497 e. The molecule has 0 radical (unpaired) electrons. The number of nitrogens with zero attached hydrogens (tertiary/aromatic N) is 3. The summed E-state index contributed by atoms with van der Waals surface area (Å²) in [4.78, 5) is 11.6. The highest BCUT2D eigenvalue weighted by Crippen LogP contribution is 2.27. The molecule has 0 spiro atoms. The maximum Gasteiger partial charge on any atom is 0.119 e. The van der Waals surface area contributed by atoms with E-state index in [9.17, 15) is 0 Å². The summed E-state index contributed by atoms with van der Waals surface area (Å²) in [5.41, 5.74) is 5.46. The highest BCUT2D eigenvalue weighted by atomic mass is 16.5. The number of ether oxygens (including phenoxy) is 2. The normalized spacial score (nSPS) is 17.0. The highest BCUT2D eigenvalue weighted by molar-refractivity contribution is 5.78. The van der Waals surface area contributed by atoms with Gasteiger partial charge in [0.05, 0.1) is 24.9 Å². The zero-order valence-electron chi connectivity index (χ0n) is 17.6. The van der Waals surface area contributed by atoms with Crippen molar-refractivity contribution in [3.63, 3.8) is 0 Å². The van der Waals surface area contributed by atoms with Crippen molar-refractivity contribution in [3.05, 3.63) is 90.4 Å². The summed E-state index contributed by atoms with van der Waals surface area (Å²) in [5.74, 6) is 0.845. The molecule has 156 valence electrons. The van der Waals surface area contributed by atoms with Crippen molar-refractivity contribution >= 4 is 10.9 Å². The Morgan fingerprint density at radius 1 is 1.00 bits per heavy atom. The highest BCUT2D eigenvalue weighted by Gasteiger charge is 2.23. The van der Waals surface area contributed by atoms with E-state index in [0.717, 1.165) is 47.7 Å². The molecular formula is C26H25N3O2. The minimum Gasteiger partial charge on any atom is -0.497 e. The summed E-state index contributed by atoms with van der Waals surface area (Å²) >= 11 is 0. The summed E-state index contributed by atoms with van der Waals surface area (Å²) in [7, 11) is 1.68. The van der Waals surface area contributed by atoms with Gasteiger partial charge < -0.3 is 9.47 Å². The Labute approximate surface area is 182 Å². The van der Waals surface area contributed by atoms with Gasteiger partial charge in [0.15, 0.2) is 0 Å². The van der Waals surface area contributed by atoms with Gasteiger partial charge in [-0.15, -0.1) is 0 Å². The summed E-state index contributed by atoms with van der Waals surface area (Å²) in [6, 6.07) is 22.8. The molecule has 0 N–H and O–H groups in total. The maximum absolute atomic E-state index is 6.05. The monoisotopic (exact) mass is 411 g/mol. The van der Waals surface area contributed by atoms with Crippen molar-refractivity contribution in [3.8, 4) is 16.9 Å². The van der Waals surface area contributed by atoms with Gasteiger partial charge in [-0.3, -0.25) is 14.9 Å². The van der Waals surface area contributed by atoms with Crippen molar-refractivity contribution < 1.29 is 9.47 Å². The Morgan fingerprint density at radius 3 is 2.84 bits per heavy atom. The van der Waals surface area contributed by atoms with Crippen LogP contribution in [-0.2, 0) is 11.3 Å². The number of methoxy groups -OCH3 is 1. The van der Waals surface area contributed by atoms with Gasteiger partial charge >= 0.3 is 0 Å². The van der Waals surface area contributed by atoms with Crippen LogP contribution in [0.15, 0.2) is 79.1 Å². The van der Waals surface area contributed by atoms with Gasteiger partial charge in [-0.1, -0.05) is 30.3 Å². The molecule has 1 aliphatic rings.